The van der Waals surface area contributed by atoms with Gasteiger partial charge in [-0.25, -0.2) is 0 Å². The molecule has 0 heterocycles. The Morgan fingerprint density at radius 3 is 2.08 bits per heavy atom. The fraction of sp³-hybridized carbons (Fsp3) is 0.818. The van der Waals surface area contributed by atoms with Crippen molar-refractivity contribution in [3.8, 4) is 0 Å². The van der Waals surface area contributed by atoms with Gasteiger partial charge in [0.25, 0.3) is 0 Å². The molecule has 0 aliphatic heterocycles. The van der Waals surface area contributed by atoms with Crippen molar-refractivity contribution in [1.82, 2.24) is 10.6 Å². The summed E-state index contributed by atoms with van der Waals surface area (Å²) in [5.74, 6) is 0.989. The monoisotopic (exact) mass is 352 g/mol. The van der Waals surface area contributed by atoms with Gasteiger partial charge in [-0.3, -0.25) is 0 Å². The summed E-state index contributed by atoms with van der Waals surface area (Å²) in [5, 5.41) is 17.6. The summed E-state index contributed by atoms with van der Waals surface area (Å²) < 4.78 is 0. The molecule has 3 N–H and O–H groups in total. The zero-order chi connectivity index (χ0) is 19.8. The molecule has 0 saturated carbocycles. The van der Waals surface area contributed by atoms with E-state index in [1.165, 1.54) is 5.57 Å². The minimum atomic E-state index is -0.248. The molecule has 25 heavy (non-hydrogen) atoms. The molecule has 0 aliphatic carbocycles. The fourth-order valence-corrected chi connectivity index (χ4v) is 2.94. The molecule has 0 spiro atoms. The number of nitrogens with one attached hydrogen (secondary N) is 2. The van der Waals surface area contributed by atoms with Crippen LogP contribution in [0, 0.1) is 17.8 Å². The number of rotatable bonds is 12. The molecule has 3 nitrogen and oxygen atoms in total. The van der Waals surface area contributed by atoms with E-state index >= 15 is 0 Å². The van der Waals surface area contributed by atoms with Crippen molar-refractivity contribution in [1.29, 1.82) is 0 Å². The Hall–Kier alpha value is -0.800. The lowest BCUT2D eigenvalue weighted by Gasteiger charge is -2.33. The number of hydrogen-bond donors (Lipinski definition) is 3. The summed E-state index contributed by atoms with van der Waals surface area (Å²) in [4.78, 5) is 0. The highest BCUT2D eigenvalue weighted by Gasteiger charge is 2.25. The van der Waals surface area contributed by atoms with Crippen molar-refractivity contribution in [3.63, 3.8) is 0 Å². The second-order valence-corrected chi connectivity index (χ2v) is 9.06. The second-order valence-electron chi connectivity index (χ2n) is 9.06. The van der Waals surface area contributed by atoms with Crippen molar-refractivity contribution < 1.29 is 5.11 Å². The lowest BCUT2D eigenvalue weighted by atomic mass is 9.83. The van der Waals surface area contributed by atoms with E-state index in [1.807, 2.05) is 0 Å². The number of hydrogen-bond acceptors (Lipinski definition) is 3. The SMILES string of the molecule is C=C(C)CCC(NC(C)(C)C)C(=C)NCC(C)C(C)C(O)[C@H](C)CC. The molecule has 0 aliphatic rings. The Morgan fingerprint density at radius 2 is 1.64 bits per heavy atom. The number of aliphatic hydroxyl groups excluding tert-OH is 1. The van der Waals surface area contributed by atoms with E-state index in [1.54, 1.807) is 0 Å². The molecule has 0 aromatic rings. The third-order valence-electron chi connectivity index (χ3n) is 5.20. The van der Waals surface area contributed by atoms with Crippen LogP contribution >= 0.6 is 0 Å². The molecule has 0 fully saturated rings. The van der Waals surface area contributed by atoms with Crippen LogP contribution in [0.15, 0.2) is 24.4 Å². The molecule has 0 saturated heterocycles. The van der Waals surface area contributed by atoms with Crippen LogP contribution in [0.5, 0.6) is 0 Å². The first-order chi connectivity index (χ1) is 11.4. The maximum atomic E-state index is 10.5. The largest absolute Gasteiger partial charge is 0.393 e. The van der Waals surface area contributed by atoms with Gasteiger partial charge in [-0.15, -0.1) is 6.58 Å². The van der Waals surface area contributed by atoms with Crippen LogP contribution in [0.1, 0.15) is 74.7 Å². The minimum Gasteiger partial charge on any atom is -0.393 e. The molecule has 0 radical (unpaired) electrons. The van der Waals surface area contributed by atoms with Gasteiger partial charge in [0.1, 0.15) is 0 Å². The Kier molecular flexibility index (Phi) is 10.7. The summed E-state index contributed by atoms with van der Waals surface area (Å²) in [6.07, 6.45) is 2.75. The Bertz CT molecular complexity index is 411. The molecule has 0 rings (SSSR count). The number of allylic oxidation sites excluding steroid dienone is 1. The lowest BCUT2D eigenvalue weighted by Crippen LogP contribution is -2.47. The maximum absolute atomic E-state index is 10.5. The van der Waals surface area contributed by atoms with Gasteiger partial charge in [-0.2, -0.15) is 0 Å². The van der Waals surface area contributed by atoms with E-state index in [9.17, 15) is 5.11 Å². The predicted octanol–water partition coefficient (Wildman–Crippen LogP) is 4.88. The van der Waals surface area contributed by atoms with Gasteiger partial charge >= 0.3 is 0 Å². The van der Waals surface area contributed by atoms with Gasteiger partial charge in [0.05, 0.1) is 6.10 Å². The minimum absolute atomic E-state index is 0.0377. The van der Waals surface area contributed by atoms with Crippen molar-refractivity contribution in [2.45, 2.75) is 92.3 Å². The number of aliphatic hydroxyl groups is 1. The van der Waals surface area contributed by atoms with Gasteiger partial charge in [0.2, 0.25) is 0 Å². The smallest absolute Gasteiger partial charge is 0.0594 e. The van der Waals surface area contributed by atoms with Crippen LogP contribution in [0.25, 0.3) is 0 Å². The summed E-state index contributed by atoms with van der Waals surface area (Å²) in [6, 6.07) is 0.221. The first-order valence-corrected chi connectivity index (χ1v) is 9.91. The van der Waals surface area contributed by atoms with E-state index in [0.29, 0.717) is 11.8 Å². The van der Waals surface area contributed by atoms with Gasteiger partial charge < -0.3 is 15.7 Å². The third kappa shape index (κ3) is 10.1. The average Bonchev–Trinajstić information content (AvgIpc) is 2.52. The molecule has 0 bridgehead atoms. The van der Waals surface area contributed by atoms with E-state index in [0.717, 1.165) is 31.5 Å². The highest BCUT2D eigenvalue weighted by molar-refractivity contribution is 5.07. The summed E-state index contributed by atoms with van der Waals surface area (Å²) in [7, 11) is 0. The van der Waals surface area contributed by atoms with Crippen LogP contribution in [-0.4, -0.2) is 29.3 Å². The third-order valence-corrected chi connectivity index (χ3v) is 5.20. The standard InChI is InChI=1S/C22H44N2O/c1-11-16(4)21(25)18(6)17(5)14-23-19(7)20(13-12-15(2)3)24-22(8,9)10/h16-18,20-21,23-25H,2,7,11-14H2,1,3-6,8-10H3/t16-,17?,18?,20?,21?/m1/s1. The van der Waals surface area contributed by atoms with E-state index in [4.69, 9.17) is 0 Å². The van der Waals surface area contributed by atoms with Crippen LogP contribution < -0.4 is 10.6 Å². The van der Waals surface area contributed by atoms with Crippen LogP contribution in [0.4, 0.5) is 0 Å². The first kappa shape index (κ1) is 24.2. The topological polar surface area (TPSA) is 44.3 Å². The van der Waals surface area contributed by atoms with Crippen LogP contribution in [-0.2, 0) is 0 Å². The van der Waals surface area contributed by atoms with Crippen molar-refractivity contribution in [3.05, 3.63) is 24.4 Å². The van der Waals surface area contributed by atoms with E-state index < -0.39 is 0 Å². The molecule has 0 amide bonds. The quantitative estimate of drug-likeness (QED) is 0.439. The molecule has 5 atom stereocenters. The summed E-state index contributed by atoms with van der Waals surface area (Å²) >= 11 is 0. The molecule has 4 unspecified atom stereocenters. The molecular formula is C22H44N2O. The highest BCUT2D eigenvalue weighted by Crippen LogP contribution is 2.23. The Morgan fingerprint density at radius 1 is 1.08 bits per heavy atom. The second kappa shape index (κ2) is 11.0. The Balaban J connectivity index is 4.69. The summed E-state index contributed by atoms with van der Waals surface area (Å²) in [5.41, 5.74) is 2.27. The normalized spacial score (nSPS) is 18.1. The van der Waals surface area contributed by atoms with Crippen molar-refractivity contribution >= 4 is 0 Å². The predicted molar refractivity (Wildman–Crippen MR) is 112 cm³/mol. The average molecular weight is 353 g/mol. The molecule has 0 aromatic heterocycles. The fourth-order valence-electron chi connectivity index (χ4n) is 2.94. The van der Waals surface area contributed by atoms with Crippen LogP contribution in [0.2, 0.25) is 0 Å². The molecule has 148 valence electrons. The zero-order valence-electron chi connectivity index (χ0n) is 18.1. The highest BCUT2D eigenvalue weighted by atomic mass is 16.3. The van der Waals surface area contributed by atoms with Gasteiger partial charge in [0, 0.05) is 23.8 Å². The van der Waals surface area contributed by atoms with Gasteiger partial charge in [-0.05, 0) is 58.3 Å². The molecule has 0 aromatic carbocycles. The summed E-state index contributed by atoms with van der Waals surface area (Å²) in [6.45, 7) is 26.4. The molecule has 3 heteroatoms. The van der Waals surface area contributed by atoms with Crippen molar-refractivity contribution in [2.75, 3.05) is 6.54 Å². The van der Waals surface area contributed by atoms with E-state index in [-0.39, 0.29) is 23.6 Å². The zero-order valence-corrected chi connectivity index (χ0v) is 18.1. The molecular weight excluding hydrogens is 308 g/mol. The van der Waals surface area contributed by atoms with Gasteiger partial charge in [-0.1, -0.05) is 46.3 Å². The maximum Gasteiger partial charge on any atom is 0.0594 e. The van der Waals surface area contributed by atoms with Gasteiger partial charge in [0.15, 0.2) is 0 Å². The Labute approximate surface area is 157 Å². The first-order valence-electron chi connectivity index (χ1n) is 9.91. The lowest BCUT2D eigenvalue weighted by molar-refractivity contribution is 0.0402. The van der Waals surface area contributed by atoms with Crippen molar-refractivity contribution in [2.24, 2.45) is 17.8 Å². The van der Waals surface area contributed by atoms with E-state index in [2.05, 4.69) is 79.2 Å². The van der Waals surface area contributed by atoms with Crippen LogP contribution in [0.3, 0.4) is 0 Å².